The third kappa shape index (κ3) is 5.13. The maximum absolute atomic E-state index is 13.1. The number of hydrogen-bond donors (Lipinski definition) is 3. The summed E-state index contributed by atoms with van der Waals surface area (Å²) in [5, 5.41) is 14.5. The van der Waals surface area contributed by atoms with Crippen LogP contribution in [0.3, 0.4) is 0 Å². The van der Waals surface area contributed by atoms with Crippen LogP contribution in [0.15, 0.2) is 88.8 Å². The number of aromatic amines is 1. The van der Waals surface area contributed by atoms with Crippen LogP contribution >= 0.6 is 11.6 Å². The minimum Gasteiger partial charge on any atom is -0.335 e. The number of hydrazone groups is 1. The molecule has 0 spiro atoms. The second-order valence-corrected chi connectivity index (χ2v) is 7.48. The maximum Gasteiger partial charge on any atom is 0.272 e. The minimum atomic E-state index is -1.22. The first-order valence-electron chi connectivity index (χ1n) is 9.94. The van der Waals surface area contributed by atoms with Crippen molar-refractivity contribution in [3.63, 3.8) is 0 Å². The Bertz CT molecular complexity index is 1380. The number of benzene rings is 3. The molecule has 1 atom stereocenters. The van der Waals surface area contributed by atoms with Gasteiger partial charge in [0.1, 0.15) is 5.69 Å². The molecule has 9 heteroatoms. The van der Waals surface area contributed by atoms with Crippen LogP contribution in [0.25, 0.3) is 10.8 Å². The zero-order chi connectivity index (χ0) is 23.2. The van der Waals surface area contributed by atoms with Gasteiger partial charge in [0.05, 0.1) is 11.6 Å². The van der Waals surface area contributed by atoms with E-state index in [0.29, 0.717) is 21.4 Å². The van der Waals surface area contributed by atoms with Gasteiger partial charge in [0.2, 0.25) is 0 Å². The van der Waals surface area contributed by atoms with E-state index in [4.69, 9.17) is 11.6 Å². The first-order chi connectivity index (χ1) is 16.0. The first-order valence-corrected chi connectivity index (χ1v) is 10.3. The maximum atomic E-state index is 13.1. The van der Waals surface area contributed by atoms with Crippen molar-refractivity contribution in [1.82, 2.24) is 20.9 Å². The molecule has 0 fully saturated rings. The number of halogens is 1. The summed E-state index contributed by atoms with van der Waals surface area (Å²) < 4.78 is 0. The second-order valence-electron chi connectivity index (χ2n) is 7.04. The lowest BCUT2D eigenvalue weighted by Gasteiger charge is -2.18. The lowest BCUT2D eigenvalue weighted by atomic mass is 10.0. The van der Waals surface area contributed by atoms with Gasteiger partial charge >= 0.3 is 0 Å². The van der Waals surface area contributed by atoms with E-state index in [1.165, 1.54) is 6.21 Å². The third-order valence-electron chi connectivity index (χ3n) is 4.83. The molecular formula is C24H18ClN5O3. The van der Waals surface area contributed by atoms with E-state index in [1.807, 2.05) is 0 Å². The summed E-state index contributed by atoms with van der Waals surface area (Å²) in [6, 6.07) is 20.8. The van der Waals surface area contributed by atoms with Crippen molar-refractivity contribution in [2.24, 2.45) is 5.10 Å². The van der Waals surface area contributed by atoms with Gasteiger partial charge in [0.15, 0.2) is 6.04 Å². The highest BCUT2D eigenvalue weighted by atomic mass is 35.5. The summed E-state index contributed by atoms with van der Waals surface area (Å²) in [6.07, 6.45) is 1.45. The summed E-state index contributed by atoms with van der Waals surface area (Å²) in [4.78, 5) is 38.1. The van der Waals surface area contributed by atoms with Crippen LogP contribution in [0.4, 0.5) is 0 Å². The van der Waals surface area contributed by atoms with E-state index in [1.54, 1.807) is 78.9 Å². The third-order valence-corrected chi connectivity index (χ3v) is 5.08. The Morgan fingerprint density at radius 1 is 0.939 bits per heavy atom. The van der Waals surface area contributed by atoms with E-state index >= 15 is 0 Å². The molecule has 8 nitrogen and oxygen atoms in total. The Morgan fingerprint density at radius 3 is 2.33 bits per heavy atom. The molecule has 0 aliphatic carbocycles. The Kier molecular flexibility index (Phi) is 6.56. The average Bonchev–Trinajstić information content (AvgIpc) is 2.85. The SMILES string of the molecule is O=C(N[C@H](C(=O)N/N=C\c1ccc(Cl)cc1)c1n[nH]c(=O)c2ccccc12)c1ccccc1. The zero-order valence-electron chi connectivity index (χ0n) is 17.2. The van der Waals surface area contributed by atoms with Gasteiger partial charge in [-0.1, -0.05) is 60.1 Å². The zero-order valence-corrected chi connectivity index (χ0v) is 17.9. The van der Waals surface area contributed by atoms with Crippen LogP contribution in [0.5, 0.6) is 0 Å². The van der Waals surface area contributed by atoms with Crippen LogP contribution in [-0.2, 0) is 4.79 Å². The number of carbonyl (C=O) groups excluding carboxylic acids is 2. The number of hydrogen-bond acceptors (Lipinski definition) is 5. The molecule has 3 N–H and O–H groups in total. The minimum absolute atomic E-state index is 0.189. The number of amides is 2. The van der Waals surface area contributed by atoms with Gasteiger partial charge in [0, 0.05) is 16.0 Å². The molecule has 2 amide bonds. The molecule has 4 aromatic rings. The van der Waals surface area contributed by atoms with Crippen molar-refractivity contribution in [3.8, 4) is 0 Å². The van der Waals surface area contributed by atoms with E-state index in [2.05, 4.69) is 26.0 Å². The summed E-state index contributed by atoms with van der Waals surface area (Å²) in [7, 11) is 0. The summed E-state index contributed by atoms with van der Waals surface area (Å²) in [5.74, 6) is -1.11. The van der Waals surface area contributed by atoms with Gasteiger partial charge in [-0.15, -0.1) is 0 Å². The van der Waals surface area contributed by atoms with Crippen LogP contribution < -0.4 is 16.3 Å². The first kappa shape index (κ1) is 21.9. The number of fused-ring (bicyclic) bond motifs is 1. The second kappa shape index (κ2) is 9.88. The number of carbonyl (C=O) groups is 2. The van der Waals surface area contributed by atoms with E-state index in [-0.39, 0.29) is 5.69 Å². The van der Waals surface area contributed by atoms with Crippen LogP contribution in [0.1, 0.15) is 27.7 Å². The molecule has 0 saturated heterocycles. The molecule has 164 valence electrons. The van der Waals surface area contributed by atoms with Gasteiger partial charge in [-0.3, -0.25) is 14.4 Å². The highest BCUT2D eigenvalue weighted by Gasteiger charge is 2.27. The Labute approximate surface area is 193 Å². The molecule has 0 saturated carbocycles. The van der Waals surface area contributed by atoms with Gasteiger partial charge in [-0.25, -0.2) is 10.5 Å². The van der Waals surface area contributed by atoms with Crippen LogP contribution in [-0.4, -0.2) is 28.2 Å². The summed E-state index contributed by atoms with van der Waals surface area (Å²) >= 11 is 5.88. The van der Waals surface area contributed by atoms with Crippen molar-refractivity contribution >= 4 is 40.4 Å². The summed E-state index contributed by atoms with van der Waals surface area (Å²) in [5.41, 5.74) is 3.31. The largest absolute Gasteiger partial charge is 0.335 e. The highest BCUT2D eigenvalue weighted by molar-refractivity contribution is 6.30. The predicted octanol–water partition coefficient (Wildman–Crippen LogP) is 3.20. The van der Waals surface area contributed by atoms with Crippen LogP contribution in [0.2, 0.25) is 5.02 Å². The standard InChI is InChI=1S/C24H18ClN5O3/c25-17-12-10-15(11-13-17)14-26-29-24(33)21(27-22(31)16-6-2-1-3-7-16)20-18-8-4-5-9-19(18)23(32)30-28-20/h1-14,21H,(H,27,31)(H,29,33)(H,30,32)/b26-14-/t21-/m0/s1. The summed E-state index contributed by atoms with van der Waals surface area (Å²) in [6.45, 7) is 0. The lowest BCUT2D eigenvalue weighted by Crippen LogP contribution is -2.40. The fourth-order valence-corrected chi connectivity index (χ4v) is 3.33. The molecule has 33 heavy (non-hydrogen) atoms. The van der Waals surface area contributed by atoms with Gasteiger partial charge in [-0.05, 0) is 35.9 Å². The average molecular weight is 460 g/mol. The van der Waals surface area contributed by atoms with Crippen molar-refractivity contribution < 1.29 is 9.59 Å². The van der Waals surface area contributed by atoms with Gasteiger partial charge in [0.25, 0.3) is 17.4 Å². The molecule has 3 aromatic carbocycles. The Hall–Kier alpha value is -4.30. The van der Waals surface area contributed by atoms with Crippen molar-refractivity contribution in [3.05, 3.63) is 111 Å². The monoisotopic (exact) mass is 459 g/mol. The molecule has 1 heterocycles. The fourth-order valence-electron chi connectivity index (χ4n) is 3.20. The number of H-pyrrole nitrogens is 1. The van der Waals surface area contributed by atoms with E-state index < -0.39 is 23.4 Å². The van der Waals surface area contributed by atoms with Crippen molar-refractivity contribution in [1.29, 1.82) is 0 Å². The number of rotatable bonds is 6. The smallest absolute Gasteiger partial charge is 0.272 e. The quantitative estimate of drug-likeness (QED) is 0.303. The van der Waals surface area contributed by atoms with Gasteiger partial charge in [-0.2, -0.15) is 10.2 Å². The van der Waals surface area contributed by atoms with E-state index in [9.17, 15) is 14.4 Å². The van der Waals surface area contributed by atoms with Gasteiger partial charge < -0.3 is 5.32 Å². The van der Waals surface area contributed by atoms with E-state index in [0.717, 1.165) is 5.56 Å². The molecule has 0 aliphatic heterocycles. The Morgan fingerprint density at radius 2 is 1.61 bits per heavy atom. The normalized spacial score (nSPS) is 11.9. The predicted molar refractivity (Wildman–Crippen MR) is 126 cm³/mol. The number of aromatic nitrogens is 2. The lowest BCUT2D eigenvalue weighted by molar-refractivity contribution is -0.123. The molecule has 0 bridgehead atoms. The molecule has 4 rings (SSSR count). The molecule has 1 aromatic heterocycles. The van der Waals surface area contributed by atoms with Crippen LogP contribution in [0, 0.1) is 0 Å². The highest BCUT2D eigenvalue weighted by Crippen LogP contribution is 2.20. The Balaban J connectivity index is 1.66. The van der Waals surface area contributed by atoms with Crippen molar-refractivity contribution in [2.45, 2.75) is 6.04 Å². The number of nitrogens with zero attached hydrogens (tertiary/aromatic N) is 2. The topological polar surface area (TPSA) is 116 Å². The number of nitrogens with one attached hydrogen (secondary N) is 3. The molecular weight excluding hydrogens is 442 g/mol. The molecule has 0 unspecified atom stereocenters. The molecule has 0 radical (unpaired) electrons. The molecule has 0 aliphatic rings. The van der Waals surface area contributed by atoms with Crippen molar-refractivity contribution in [2.75, 3.05) is 0 Å². The fraction of sp³-hybridized carbons (Fsp3) is 0.0417.